The molecule has 0 atom stereocenters. The number of halogens is 2. The summed E-state index contributed by atoms with van der Waals surface area (Å²) in [6.07, 6.45) is 2.92. The topological polar surface area (TPSA) is 78.4 Å². The lowest BCUT2D eigenvalue weighted by molar-refractivity contribution is -0.115. The third kappa shape index (κ3) is 5.86. The summed E-state index contributed by atoms with van der Waals surface area (Å²) in [7, 11) is 0. The van der Waals surface area contributed by atoms with Crippen LogP contribution in [0.2, 0.25) is 10.0 Å². The highest BCUT2D eigenvalue weighted by Gasteiger charge is 2.09. The van der Waals surface area contributed by atoms with E-state index in [1.807, 2.05) is 0 Å². The highest BCUT2D eigenvalue weighted by atomic mass is 35.5. The first kappa shape index (κ1) is 18.9. The smallest absolute Gasteiger partial charge is 0.335 e. The molecule has 0 fully saturated rings. The summed E-state index contributed by atoms with van der Waals surface area (Å²) in [5.74, 6) is -1.54. The summed E-state index contributed by atoms with van der Waals surface area (Å²) >= 11 is 16.8. The molecule has 128 valence electrons. The molecule has 0 heterocycles. The number of benzene rings is 2. The van der Waals surface area contributed by atoms with E-state index in [9.17, 15) is 9.59 Å². The molecule has 0 unspecified atom stereocenters. The molecule has 2 aromatic carbocycles. The standard InChI is InChI=1S/C17H12Cl2N2O3S/c18-12-5-1-10(2-6-12)3-8-15(22)21-17(25)20-14-9-11(16(23)24)4-7-13(14)19/h1-9H,(H,23,24)(H2,20,21,22,25). The summed E-state index contributed by atoms with van der Waals surface area (Å²) in [6, 6.07) is 11.1. The summed E-state index contributed by atoms with van der Waals surface area (Å²) in [5.41, 5.74) is 1.13. The number of amides is 1. The van der Waals surface area contributed by atoms with Gasteiger partial charge in [0.2, 0.25) is 5.91 Å². The molecule has 0 saturated heterocycles. The van der Waals surface area contributed by atoms with Gasteiger partial charge in [0.1, 0.15) is 0 Å². The van der Waals surface area contributed by atoms with E-state index < -0.39 is 11.9 Å². The molecule has 0 bridgehead atoms. The monoisotopic (exact) mass is 394 g/mol. The number of nitrogens with one attached hydrogen (secondary N) is 2. The predicted octanol–water partition coefficient (Wildman–Crippen LogP) is 4.22. The molecule has 0 radical (unpaired) electrons. The zero-order valence-electron chi connectivity index (χ0n) is 12.6. The van der Waals surface area contributed by atoms with Gasteiger partial charge in [0.15, 0.2) is 5.11 Å². The van der Waals surface area contributed by atoms with Gasteiger partial charge in [-0.15, -0.1) is 0 Å². The molecule has 0 aliphatic carbocycles. The van der Waals surface area contributed by atoms with E-state index in [1.54, 1.807) is 30.3 Å². The molecule has 0 aliphatic rings. The minimum absolute atomic E-state index is 0.00445. The average Bonchev–Trinajstić information content (AvgIpc) is 2.56. The predicted molar refractivity (Wildman–Crippen MR) is 103 cm³/mol. The number of rotatable bonds is 4. The van der Waals surface area contributed by atoms with Crippen molar-refractivity contribution in [3.05, 3.63) is 69.7 Å². The minimum atomic E-state index is -1.10. The molecule has 1 amide bonds. The molecule has 0 spiro atoms. The highest BCUT2D eigenvalue weighted by molar-refractivity contribution is 7.80. The Balaban J connectivity index is 1.97. The summed E-state index contributed by atoms with van der Waals surface area (Å²) in [5, 5.41) is 15.0. The Morgan fingerprint density at radius 1 is 1.08 bits per heavy atom. The summed E-state index contributed by atoms with van der Waals surface area (Å²) in [6.45, 7) is 0. The zero-order valence-corrected chi connectivity index (χ0v) is 15.0. The third-order valence-electron chi connectivity index (χ3n) is 3.00. The van der Waals surface area contributed by atoms with Crippen molar-refractivity contribution in [2.75, 3.05) is 5.32 Å². The van der Waals surface area contributed by atoms with E-state index in [0.717, 1.165) is 5.56 Å². The van der Waals surface area contributed by atoms with Crippen LogP contribution >= 0.6 is 35.4 Å². The molecule has 25 heavy (non-hydrogen) atoms. The van der Waals surface area contributed by atoms with E-state index in [0.29, 0.717) is 5.02 Å². The average molecular weight is 395 g/mol. The van der Waals surface area contributed by atoms with Crippen molar-refractivity contribution in [2.24, 2.45) is 0 Å². The van der Waals surface area contributed by atoms with Crippen LogP contribution in [0, 0.1) is 0 Å². The first-order valence-electron chi connectivity index (χ1n) is 6.93. The SMILES string of the molecule is O=C(C=Cc1ccc(Cl)cc1)NC(=S)Nc1cc(C(=O)O)ccc1Cl. The lowest BCUT2D eigenvalue weighted by Gasteiger charge is -2.10. The van der Waals surface area contributed by atoms with Crippen LogP contribution in [0.15, 0.2) is 48.5 Å². The Kier molecular flexibility index (Phi) is 6.52. The molecule has 2 aromatic rings. The van der Waals surface area contributed by atoms with E-state index in [-0.39, 0.29) is 21.4 Å². The number of anilines is 1. The van der Waals surface area contributed by atoms with Crippen molar-refractivity contribution < 1.29 is 14.7 Å². The van der Waals surface area contributed by atoms with Crippen LogP contribution in [0.3, 0.4) is 0 Å². The van der Waals surface area contributed by atoms with E-state index >= 15 is 0 Å². The van der Waals surface area contributed by atoms with Gasteiger partial charge in [-0.05, 0) is 54.2 Å². The van der Waals surface area contributed by atoms with Crippen LogP contribution in [0.1, 0.15) is 15.9 Å². The van der Waals surface area contributed by atoms with Gasteiger partial charge in [-0.2, -0.15) is 0 Å². The van der Waals surface area contributed by atoms with Gasteiger partial charge in [0, 0.05) is 11.1 Å². The van der Waals surface area contributed by atoms with Gasteiger partial charge < -0.3 is 10.4 Å². The van der Waals surface area contributed by atoms with Crippen LogP contribution in [0.25, 0.3) is 6.08 Å². The van der Waals surface area contributed by atoms with Gasteiger partial charge in [-0.25, -0.2) is 4.79 Å². The number of carboxylic acids is 1. The van der Waals surface area contributed by atoms with Crippen LogP contribution in [-0.4, -0.2) is 22.1 Å². The van der Waals surface area contributed by atoms with Gasteiger partial charge in [-0.3, -0.25) is 10.1 Å². The van der Waals surface area contributed by atoms with Gasteiger partial charge in [-0.1, -0.05) is 35.3 Å². The number of carbonyl (C=O) groups is 2. The largest absolute Gasteiger partial charge is 0.478 e. The molecule has 5 nitrogen and oxygen atoms in total. The first-order valence-corrected chi connectivity index (χ1v) is 8.10. The van der Waals surface area contributed by atoms with Crippen LogP contribution in [-0.2, 0) is 4.79 Å². The normalized spacial score (nSPS) is 10.5. The van der Waals surface area contributed by atoms with E-state index in [1.165, 1.54) is 24.3 Å². The van der Waals surface area contributed by atoms with Crippen molar-refractivity contribution in [3.63, 3.8) is 0 Å². The lowest BCUT2D eigenvalue weighted by atomic mass is 10.2. The number of hydrogen-bond acceptors (Lipinski definition) is 3. The van der Waals surface area contributed by atoms with Crippen molar-refractivity contribution in [1.82, 2.24) is 5.32 Å². The Labute approximate surface area is 159 Å². The second-order valence-corrected chi connectivity index (χ2v) is 6.08. The summed E-state index contributed by atoms with van der Waals surface area (Å²) in [4.78, 5) is 22.8. The Morgan fingerprint density at radius 3 is 2.40 bits per heavy atom. The second-order valence-electron chi connectivity index (χ2n) is 4.83. The summed E-state index contributed by atoms with van der Waals surface area (Å²) < 4.78 is 0. The second kappa shape index (κ2) is 8.62. The number of aromatic carboxylic acids is 1. The maximum Gasteiger partial charge on any atom is 0.335 e. The van der Waals surface area contributed by atoms with E-state index in [4.69, 9.17) is 40.5 Å². The van der Waals surface area contributed by atoms with Crippen molar-refractivity contribution in [1.29, 1.82) is 0 Å². The zero-order chi connectivity index (χ0) is 18.4. The van der Waals surface area contributed by atoms with Gasteiger partial charge in [0.25, 0.3) is 0 Å². The van der Waals surface area contributed by atoms with E-state index in [2.05, 4.69) is 10.6 Å². The van der Waals surface area contributed by atoms with Crippen LogP contribution in [0.5, 0.6) is 0 Å². The molecule has 0 aromatic heterocycles. The Hall–Kier alpha value is -2.41. The van der Waals surface area contributed by atoms with Gasteiger partial charge in [0.05, 0.1) is 16.3 Å². The molecule has 8 heteroatoms. The third-order valence-corrected chi connectivity index (χ3v) is 3.78. The molecule has 3 N–H and O–H groups in total. The fourth-order valence-electron chi connectivity index (χ4n) is 1.81. The Bertz CT molecular complexity index is 851. The molecule has 0 saturated carbocycles. The van der Waals surface area contributed by atoms with Crippen molar-refractivity contribution >= 4 is 64.2 Å². The van der Waals surface area contributed by atoms with Crippen LogP contribution < -0.4 is 10.6 Å². The quantitative estimate of drug-likeness (QED) is 0.534. The highest BCUT2D eigenvalue weighted by Crippen LogP contribution is 2.23. The number of carboxylic acid groups (broad SMARTS) is 1. The van der Waals surface area contributed by atoms with Crippen LogP contribution in [0.4, 0.5) is 5.69 Å². The number of carbonyl (C=O) groups excluding carboxylic acids is 1. The van der Waals surface area contributed by atoms with Crippen molar-refractivity contribution in [2.45, 2.75) is 0 Å². The first-order chi connectivity index (χ1) is 11.8. The molecule has 2 rings (SSSR count). The molecular formula is C17H12Cl2N2O3S. The number of hydrogen-bond donors (Lipinski definition) is 3. The van der Waals surface area contributed by atoms with Crippen molar-refractivity contribution in [3.8, 4) is 0 Å². The fraction of sp³-hybridized carbons (Fsp3) is 0. The molecule has 0 aliphatic heterocycles. The maximum absolute atomic E-state index is 11.9. The Morgan fingerprint density at radius 2 is 1.76 bits per heavy atom. The maximum atomic E-state index is 11.9. The fourth-order valence-corrected chi connectivity index (χ4v) is 2.31. The number of thiocarbonyl (C=S) groups is 1. The van der Waals surface area contributed by atoms with Gasteiger partial charge >= 0.3 is 5.97 Å². The minimum Gasteiger partial charge on any atom is -0.478 e. The lowest BCUT2D eigenvalue weighted by Crippen LogP contribution is -2.32. The molecular weight excluding hydrogens is 383 g/mol.